The van der Waals surface area contributed by atoms with Crippen molar-refractivity contribution >= 4 is 50.1 Å². The lowest BCUT2D eigenvalue weighted by Gasteiger charge is -2.34. The maximum atomic E-state index is 12.7. The van der Waals surface area contributed by atoms with Gasteiger partial charge in [-0.15, -0.1) is 11.3 Å². The highest BCUT2D eigenvalue weighted by molar-refractivity contribution is 7.21. The number of pyridine rings is 1. The van der Waals surface area contributed by atoms with Crippen molar-refractivity contribution in [3.8, 4) is 10.6 Å². The van der Waals surface area contributed by atoms with Gasteiger partial charge >= 0.3 is 5.63 Å². The van der Waals surface area contributed by atoms with E-state index in [-0.39, 0.29) is 5.54 Å². The molecule has 29 heavy (non-hydrogen) atoms. The number of fused-ring (bicyclic) bond motifs is 2. The Labute approximate surface area is 175 Å². The minimum atomic E-state index is -0.434. The van der Waals surface area contributed by atoms with Crippen molar-refractivity contribution < 1.29 is 4.42 Å². The molecule has 8 heteroatoms. The summed E-state index contributed by atoms with van der Waals surface area (Å²) in [6.07, 6.45) is 2.42. The first-order chi connectivity index (χ1) is 14.1. The van der Waals surface area contributed by atoms with Gasteiger partial charge in [-0.05, 0) is 43.2 Å². The molecule has 0 bridgehead atoms. The molecule has 3 aromatic heterocycles. The van der Waals surface area contributed by atoms with Crippen molar-refractivity contribution in [2.24, 2.45) is 0 Å². The molecule has 0 unspecified atom stereocenters. The van der Waals surface area contributed by atoms with E-state index in [1.54, 1.807) is 6.07 Å². The highest BCUT2D eigenvalue weighted by atomic mass is 35.5. The van der Waals surface area contributed by atoms with Crippen LogP contribution in [0.5, 0.6) is 0 Å². The molecule has 4 aromatic rings. The number of benzene rings is 1. The number of piperazine rings is 1. The summed E-state index contributed by atoms with van der Waals surface area (Å²) in [7, 11) is 0. The number of nitrogens with one attached hydrogen (secondary N) is 1. The molecule has 1 spiro atoms. The fourth-order valence-electron chi connectivity index (χ4n) is 3.98. The van der Waals surface area contributed by atoms with Gasteiger partial charge in [0.1, 0.15) is 16.3 Å². The molecule has 4 heterocycles. The molecule has 0 atom stereocenters. The molecular formula is C21H17ClN4O2S. The van der Waals surface area contributed by atoms with Crippen LogP contribution in [-0.4, -0.2) is 35.1 Å². The van der Waals surface area contributed by atoms with Crippen molar-refractivity contribution in [3.05, 3.63) is 51.8 Å². The Bertz CT molecular complexity index is 1330. The zero-order chi connectivity index (χ0) is 19.6. The number of thiazole rings is 1. The third-order valence-corrected chi connectivity index (χ3v) is 7.10. The molecule has 1 aliphatic carbocycles. The number of anilines is 1. The lowest BCUT2D eigenvalue weighted by molar-refractivity contribution is 0.440. The average Bonchev–Trinajstić information content (AvgIpc) is 3.31. The third kappa shape index (κ3) is 2.92. The van der Waals surface area contributed by atoms with Crippen molar-refractivity contribution in [2.75, 3.05) is 24.5 Å². The summed E-state index contributed by atoms with van der Waals surface area (Å²) in [5.74, 6) is 0.855. The Balaban J connectivity index is 1.41. The van der Waals surface area contributed by atoms with Gasteiger partial charge in [0.05, 0.1) is 15.3 Å². The standard InChI is InChI=1S/C21H17ClN4O2S/c22-14-2-1-3-15-17(14)25-19(29-15)13-10-12-4-5-16(24-18(12)28-20(13)27)26-9-8-23-21(11-26)6-7-21/h1-5,10,23H,6-9,11H2. The molecule has 1 aliphatic heterocycles. The van der Waals surface area contributed by atoms with Crippen LogP contribution in [0.25, 0.3) is 31.9 Å². The van der Waals surface area contributed by atoms with Gasteiger partial charge in [0.25, 0.3) is 0 Å². The maximum Gasteiger partial charge on any atom is 0.347 e. The van der Waals surface area contributed by atoms with E-state index in [0.29, 0.717) is 26.8 Å². The molecule has 1 saturated heterocycles. The van der Waals surface area contributed by atoms with Crippen LogP contribution in [0.3, 0.4) is 0 Å². The molecular weight excluding hydrogens is 408 g/mol. The largest absolute Gasteiger partial charge is 0.403 e. The molecule has 0 amide bonds. The Kier molecular flexibility index (Phi) is 3.75. The molecule has 6 nitrogen and oxygen atoms in total. The van der Waals surface area contributed by atoms with Crippen LogP contribution >= 0.6 is 22.9 Å². The molecule has 2 aliphatic rings. The highest BCUT2D eigenvalue weighted by Crippen LogP contribution is 2.38. The van der Waals surface area contributed by atoms with Gasteiger partial charge in [-0.3, -0.25) is 0 Å². The van der Waals surface area contributed by atoms with E-state index in [1.807, 2.05) is 30.3 Å². The first-order valence-corrected chi connectivity index (χ1v) is 10.8. The number of hydrogen-bond donors (Lipinski definition) is 1. The number of nitrogens with zero attached hydrogens (tertiary/aromatic N) is 3. The van der Waals surface area contributed by atoms with E-state index in [4.69, 9.17) is 16.0 Å². The van der Waals surface area contributed by atoms with Crippen molar-refractivity contribution in [1.29, 1.82) is 0 Å². The van der Waals surface area contributed by atoms with Gasteiger partial charge in [-0.1, -0.05) is 17.7 Å². The van der Waals surface area contributed by atoms with Gasteiger partial charge in [-0.2, -0.15) is 4.98 Å². The number of aromatic nitrogens is 2. The summed E-state index contributed by atoms with van der Waals surface area (Å²) in [6.45, 7) is 2.79. The lowest BCUT2D eigenvalue weighted by Crippen LogP contribution is -2.52. The van der Waals surface area contributed by atoms with Crippen LogP contribution in [0.15, 0.2) is 45.6 Å². The summed E-state index contributed by atoms with van der Waals surface area (Å²) in [6, 6.07) is 11.4. The van der Waals surface area contributed by atoms with Gasteiger partial charge in [0.15, 0.2) is 0 Å². The molecule has 0 radical (unpaired) electrons. The summed E-state index contributed by atoms with van der Waals surface area (Å²) >= 11 is 7.66. The van der Waals surface area contributed by atoms with Crippen LogP contribution in [0.1, 0.15) is 12.8 Å². The lowest BCUT2D eigenvalue weighted by atomic mass is 10.2. The zero-order valence-corrected chi connectivity index (χ0v) is 17.0. The first kappa shape index (κ1) is 17.4. The maximum absolute atomic E-state index is 12.7. The fraction of sp³-hybridized carbons (Fsp3) is 0.286. The number of para-hydroxylation sites is 1. The topological polar surface area (TPSA) is 71.3 Å². The number of hydrogen-bond acceptors (Lipinski definition) is 7. The van der Waals surface area contributed by atoms with Crippen molar-refractivity contribution in [3.63, 3.8) is 0 Å². The molecule has 6 rings (SSSR count). The monoisotopic (exact) mass is 424 g/mol. The van der Waals surface area contributed by atoms with Crippen LogP contribution in [0, 0.1) is 0 Å². The molecule has 1 N–H and O–H groups in total. The van der Waals surface area contributed by atoms with E-state index in [1.165, 1.54) is 24.2 Å². The van der Waals surface area contributed by atoms with E-state index < -0.39 is 5.63 Å². The molecule has 146 valence electrons. The second-order valence-electron chi connectivity index (χ2n) is 7.75. The minimum Gasteiger partial charge on any atom is -0.403 e. The minimum absolute atomic E-state index is 0.258. The fourth-order valence-corrected chi connectivity index (χ4v) is 5.25. The second-order valence-corrected chi connectivity index (χ2v) is 9.18. The van der Waals surface area contributed by atoms with E-state index in [9.17, 15) is 4.79 Å². The smallest absolute Gasteiger partial charge is 0.347 e. The van der Waals surface area contributed by atoms with Gasteiger partial charge in [0, 0.05) is 30.6 Å². The number of halogens is 1. The quantitative estimate of drug-likeness (QED) is 0.523. The van der Waals surface area contributed by atoms with E-state index in [2.05, 4.69) is 20.2 Å². The van der Waals surface area contributed by atoms with E-state index >= 15 is 0 Å². The average molecular weight is 425 g/mol. The normalized spacial score (nSPS) is 18.0. The molecule has 1 saturated carbocycles. The summed E-state index contributed by atoms with van der Waals surface area (Å²) in [5.41, 5.74) is 1.32. The van der Waals surface area contributed by atoms with Crippen LogP contribution in [0.4, 0.5) is 5.82 Å². The summed E-state index contributed by atoms with van der Waals surface area (Å²) in [4.78, 5) is 24.2. The van der Waals surface area contributed by atoms with Gasteiger partial charge < -0.3 is 14.6 Å². The number of rotatable bonds is 2. The Morgan fingerprint density at radius 1 is 1.21 bits per heavy atom. The Morgan fingerprint density at radius 3 is 2.93 bits per heavy atom. The third-order valence-electron chi connectivity index (χ3n) is 5.74. The Morgan fingerprint density at radius 2 is 2.10 bits per heavy atom. The van der Waals surface area contributed by atoms with Crippen LogP contribution < -0.4 is 15.8 Å². The second kappa shape index (κ2) is 6.26. The molecule has 2 fully saturated rings. The van der Waals surface area contributed by atoms with Crippen molar-refractivity contribution in [1.82, 2.24) is 15.3 Å². The van der Waals surface area contributed by atoms with E-state index in [0.717, 1.165) is 35.5 Å². The van der Waals surface area contributed by atoms with Gasteiger partial charge in [-0.25, -0.2) is 9.78 Å². The summed E-state index contributed by atoms with van der Waals surface area (Å²) < 4.78 is 6.54. The zero-order valence-electron chi connectivity index (χ0n) is 15.4. The predicted octanol–water partition coefficient (Wildman–Crippen LogP) is 4.06. The van der Waals surface area contributed by atoms with Crippen LogP contribution in [0.2, 0.25) is 5.02 Å². The molecule has 1 aromatic carbocycles. The SMILES string of the molecule is O=c1oc2nc(N3CCNC4(CC4)C3)ccc2cc1-c1nc2c(Cl)cccc2s1. The van der Waals surface area contributed by atoms with Gasteiger partial charge in [0.2, 0.25) is 5.71 Å². The Hall–Kier alpha value is -2.48. The first-order valence-electron chi connectivity index (χ1n) is 9.61. The van der Waals surface area contributed by atoms with Crippen LogP contribution in [-0.2, 0) is 0 Å². The van der Waals surface area contributed by atoms with Crippen molar-refractivity contribution in [2.45, 2.75) is 18.4 Å². The summed E-state index contributed by atoms with van der Waals surface area (Å²) in [5, 5.41) is 5.56. The predicted molar refractivity (Wildman–Crippen MR) is 116 cm³/mol. The highest BCUT2D eigenvalue weighted by Gasteiger charge is 2.45.